The van der Waals surface area contributed by atoms with Crippen molar-refractivity contribution in [2.45, 2.75) is 6.54 Å². The standard InChI is InChI=1S/C15H16N2O3/c1-19-13-7-6-11(9-14(13)20-2)15(18)17-10-12-5-3-4-8-16-12/h3-9H,10H2,1-2H3,(H,17,18)/p+1. The number of benzene rings is 1. The van der Waals surface area contributed by atoms with E-state index in [1.54, 1.807) is 32.4 Å². The SMILES string of the molecule is COc1ccc(C(=O)NCc2cccc[nH+]2)cc1OC. The van der Waals surface area contributed by atoms with Crippen LogP contribution in [0, 0.1) is 0 Å². The molecule has 1 aromatic carbocycles. The van der Waals surface area contributed by atoms with Gasteiger partial charge in [0.1, 0.15) is 6.54 Å². The smallest absolute Gasteiger partial charge is 0.251 e. The third-order valence-electron chi connectivity index (χ3n) is 2.86. The minimum absolute atomic E-state index is 0.164. The molecule has 104 valence electrons. The second-order valence-corrected chi connectivity index (χ2v) is 4.14. The molecule has 0 unspecified atom stereocenters. The number of methoxy groups -OCH3 is 2. The van der Waals surface area contributed by atoms with Crippen molar-refractivity contribution in [1.29, 1.82) is 0 Å². The van der Waals surface area contributed by atoms with Gasteiger partial charge in [-0.15, -0.1) is 0 Å². The number of ether oxygens (including phenoxy) is 2. The zero-order valence-electron chi connectivity index (χ0n) is 11.5. The number of carbonyl (C=O) groups excluding carboxylic acids is 1. The number of hydrogen-bond donors (Lipinski definition) is 1. The minimum Gasteiger partial charge on any atom is -0.493 e. The fourth-order valence-corrected chi connectivity index (χ4v) is 1.80. The summed E-state index contributed by atoms with van der Waals surface area (Å²) in [7, 11) is 3.10. The predicted molar refractivity (Wildman–Crippen MR) is 73.7 cm³/mol. The second kappa shape index (κ2) is 6.56. The number of aromatic amines is 1. The average molecular weight is 273 g/mol. The highest BCUT2D eigenvalue weighted by molar-refractivity contribution is 5.94. The summed E-state index contributed by atoms with van der Waals surface area (Å²) in [5, 5.41) is 2.84. The number of amides is 1. The summed E-state index contributed by atoms with van der Waals surface area (Å²) in [6, 6.07) is 10.8. The van der Waals surface area contributed by atoms with Crippen LogP contribution in [0.4, 0.5) is 0 Å². The highest BCUT2D eigenvalue weighted by Crippen LogP contribution is 2.27. The van der Waals surface area contributed by atoms with E-state index in [2.05, 4.69) is 10.3 Å². The lowest BCUT2D eigenvalue weighted by Gasteiger charge is -2.09. The van der Waals surface area contributed by atoms with Crippen molar-refractivity contribution in [3.05, 3.63) is 53.9 Å². The summed E-state index contributed by atoms with van der Waals surface area (Å²) < 4.78 is 10.3. The molecule has 0 saturated heterocycles. The van der Waals surface area contributed by atoms with Crippen LogP contribution in [0.3, 0.4) is 0 Å². The first kappa shape index (κ1) is 13.9. The van der Waals surface area contributed by atoms with Crippen LogP contribution in [0.25, 0.3) is 0 Å². The van der Waals surface area contributed by atoms with Crippen molar-refractivity contribution >= 4 is 5.91 Å². The summed E-state index contributed by atoms with van der Waals surface area (Å²) in [6.45, 7) is 0.439. The summed E-state index contributed by atoms with van der Waals surface area (Å²) in [5.74, 6) is 0.968. The van der Waals surface area contributed by atoms with Gasteiger partial charge in [0.15, 0.2) is 23.4 Å². The second-order valence-electron chi connectivity index (χ2n) is 4.14. The van der Waals surface area contributed by atoms with E-state index in [1.807, 2.05) is 24.4 Å². The van der Waals surface area contributed by atoms with E-state index in [4.69, 9.17) is 9.47 Å². The first-order valence-corrected chi connectivity index (χ1v) is 6.20. The Bertz CT molecular complexity index is 585. The van der Waals surface area contributed by atoms with E-state index in [0.717, 1.165) is 5.69 Å². The number of carbonyl (C=O) groups is 1. The zero-order valence-corrected chi connectivity index (χ0v) is 11.5. The zero-order chi connectivity index (χ0) is 14.4. The molecule has 1 aromatic heterocycles. The maximum Gasteiger partial charge on any atom is 0.251 e. The van der Waals surface area contributed by atoms with Crippen LogP contribution in [0.1, 0.15) is 16.1 Å². The molecule has 0 radical (unpaired) electrons. The van der Waals surface area contributed by atoms with Crippen LogP contribution in [0.2, 0.25) is 0 Å². The highest BCUT2D eigenvalue weighted by Gasteiger charge is 2.11. The van der Waals surface area contributed by atoms with Gasteiger partial charge >= 0.3 is 0 Å². The first-order chi connectivity index (χ1) is 9.74. The maximum atomic E-state index is 12.1. The molecule has 0 aliphatic rings. The van der Waals surface area contributed by atoms with E-state index < -0.39 is 0 Å². The molecule has 20 heavy (non-hydrogen) atoms. The van der Waals surface area contributed by atoms with Crippen molar-refractivity contribution in [2.24, 2.45) is 0 Å². The first-order valence-electron chi connectivity index (χ1n) is 6.20. The van der Waals surface area contributed by atoms with Crippen LogP contribution in [-0.2, 0) is 6.54 Å². The predicted octanol–water partition coefficient (Wildman–Crippen LogP) is 1.45. The molecule has 0 spiro atoms. The van der Waals surface area contributed by atoms with E-state index >= 15 is 0 Å². The number of pyridine rings is 1. The molecule has 2 aromatic rings. The lowest BCUT2D eigenvalue weighted by atomic mass is 10.2. The monoisotopic (exact) mass is 273 g/mol. The third kappa shape index (κ3) is 3.26. The largest absolute Gasteiger partial charge is 0.493 e. The lowest BCUT2D eigenvalue weighted by Crippen LogP contribution is -2.26. The topological polar surface area (TPSA) is 61.7 Å². The van der Waals surface area contributed by atoms with Gasteiger partial charge in [-0.05, 0) is 18.2 Å². The molecule has 1 amide bonds. The normalized spacial score (nSPS) is 9.90. The fraction of sp³-hybridized carbons (Fsp3) is 0.200. The molecule has 0 aliphatic heterocycles. The minimum atomic E-state index is -0.164. The Hall–Kier alpha value is -2.56. The Morgan fingerprint density at radius 2 is 1.95 bits per heavy atom. The Morgan fingerprint density at radius 1 is 1.15 bits per heavy atom. The third-order valence-corrected chi connectivity index (χ3v) is 2.86. The van der Waals surface area contributed by atoms with Crippen LogP contribution in [-0.4, -0.2) is 20.1 Å². The van der Waals surface area contributed by atoms with Gasteiger partial charge in [0.2, 0.25) is 0 Å². The molecule has 0 bridgehead atoms. The molecular formula is C15H17N2O3+. The van der Waals surface area contributed by atoms with Gasteiger partial charge < -0.3 is 14.8 Å². The van der Waals surface area contributed by atoms with Gasteiger partial charge in [0.05, 0.1) is 14.2 Å². The van der Waals surface area contributed by atoms with E-state index in [-0.39, 0.29) is 5.91 Å². The van der Waals surface area contributed by atoms with E-state index in [1.165, 1.54) is 0 Å². The highest BCUT2D eigenvalue weighted by atomic mass is 16.5. The molecule has 0 saturated carbocycles. The molecule has 5 nitrogen and oxygen atoms in total. The van der Waals surface area contributed by atoms with Crippen molar-refractivity contribution in [3.8, 4) is 11.5 Å². The molecule has 0 aliphatic carbocycles. The number of nitrogens with one attached hydrogen (secondary N) is 2. The molecule has 0 atom stereocenters. The van der Waals surface area contributed by atoms with Gasteiger partial charge in [0.25, 0.3) is 5.91 Å². The van der Waals surface area contributed by atoms with Crippen LogP contribution in [0.15, 0.2) is 42.6 Å². The summed E-state index contributed by atoms with van der Waals surface area (Å²) >= 11 is 0. The van der Waals surface area contributed by atoms with Gasteiger partial charge in [-0.3, -0.25) is 4.79 Å². The molecule has 2 N–H and O–H groups in total. The van der Waals surface area contributed by atoms with E-state index in [0.29, 0.717) is 23.6 Å². The van der Waals surface area contributed by atoms with E-state index in [9.17, 15) is 4.79 Å². The van der Waals surface area contributed by atoms with Crippen molar-refractivity contribution in [3.63, 3.8) is 0 Å². The molecule has 2 rings (SSSR count). The van der Waals surface area contributed by atoms with Gasteiger partial charge in [-0.2, -0.15) is 0 Å². The number of aromatic nitrogens is 1. The Labute approximate surface area is 117 Å². The lowest BCUT2D eigenvalue weighted by molar-refractivity contribution is -0.390. The van der Waals surface area contributed by atoms with Crippen molar-refractivity contribution in [2.75, 3.05) is 14.2 Å². The quantitative estimate of drug-likeness (QED) is 0.897. The van der Waals surface area contributed by atoms with Gasteiger partial charge in [-0.25, -0.2) is 4.98 Å². The van der Waals surface area contributed by atoms with Crippen LogP contribution >= 0.6 is 0 Å². The average Bonchev–Trinajstić information content (AvgIpc) is 2.52. The Kier molecular flexibility index (Phi) is 4.55. The maximum absolute atomic E-state index is 12.1. The van der Waals surface area contributed by atoms with Gasteiger partial charge in [0, 0.05) is 17.7 Å². The fourth-order valence-electron chi connectivity index (χ4n) is 1.80. The Balaban J connectivity index is 2.06. The molecular weight excluding hydrogens is 256 g/mol. The van der Waals surface area contributed by atoms with Crippen LogP contribution in [0.5, 0.6) is 11.5 Å². The van der Waals surface area contributed by atoms with Crippen molar-refractivity contribution in [1.82, 2.24) is 5.32 Å². The number of hydrogen-bond acceptors (Lipinski definition) is 3. The Morgan fingerprint density at radius 3 is 2.60 bits per heavy atom. The molecule has 1 heterocycles. The van der Waals surface area contributed by atoms with Crippen molar-refractivity contribution < 1.29 is 19.3 Å². The number of rotatable bonds is 5. The summed E-state index contributed by atoms with van der Waals surface area (Å²) in [4.78, 5) is 15.1. The summed E-state index contributed by atoms with van der Waals surface area (Å²) in [5.41, 5.74) is 1.46. The van der Waals surface area contributed by atoms with Crippen LogP contribution < -0.4 is 19.8 Å². The number of H-pyrrole nitrogens is 1. The summed E-state index contributed by atoms with van der Waals surface area (Å²) in [6.07, 6.45) is 1.82. The van der Waals surface area contributed by atoms with Gasteiger partial charge in [-0.1, -0.05) is 6.07 Å². The molecule has 5 heteroatoms. The molecule has 0 fully saturated rings.